The molecule has 0 fully saturated rings. The lowest BCUT2D eigenvalue weighted by Crippen LogP contribution is -2.28. The smallest absolute Gasteiger partial charge is 0.240 e. The molecule has 2 N–H and O–H groups in total. The van der Waals surface area contributed by atoms with E-state index in [-0.39, 0.29) is 29.6 Å². The first-order chi connectivity index (χ1) is 12.8. The van der Waals surface area contributed by atoms with Gasteiger partial charge in [0.2, 0.25) is 15.9 Å². The van der Waals surface area contributed by atoms with Crippen LogP contribution in [-0.4, -0.2) is 31.6 Å². The molecule has 0 spiro atoms. The highest BCUT2D eigenvalue weighted by Gasteiger charge is 2.16. The monoisotopic (exact) mass is 403 g/mol. The molecular weight excluding hydrogens is 386 g/mol. The minimum Gasteiger partial charge on any atom is -0.302 e. The van der Waals surface area contributed by atoms with Crippen LogP contribution in [0.15, 0.2) is 53.4 Å². The van der Waals surface area contributed by atoms with Gasteiger partial charge in [-0.25, -0.2) is 18.1 Å². The second kappa shape index (κ2) is 7.95. The van der Waals surface area contributed by atoms with Crippen LogP contribution in [0.4, 0.5) is 5.13 Å². The Morgan fingerprint density at radius 2 is 1.89 bits per heavy atom. The molecule has 1 aromatic heterocycles. The van der Waals surface area contributed by atoms with Crippen LogP contribution in [0.2, 0.25) is 0 Å². The number of aromatic nitrogens is 1. The molecule has 2 aromatic carbocycles. The number of rotatable bonds is 7. The standard InChI is InChI=1S/C18H17N3O4S2/c1-12(22)13-5-4-6-14(11-13)27(24,25)19-10-9-17(23)21-18-20-15-7-2-3-8-16(15)26-18/h2-8,11,19H,9-10H2,1H3,(H,20,21,23). The molecule has 3 rings (SSSR count). The topological polar surface area (TPSA) is 105 Å². The first-order valence-electron chi connectivity index (χ1n) is 8.11. The third-order valence-corrected chi connectivity index (χ3v) is 6.15. The average Bonchev–Trinajstić information content (AvgIpc) is 3.03. The summed E-state index contributed by atoms with van der Waals surface area (Å²) in [6.45, 7) is 1.30. The number of hydrogen-bond acceptors (Lipinski definition) is 6. The van der Waals surface area contributed by atoms with E-state index in [2.05, 4.69) is 15.0 Å². The van der Waals surface area contributed by atoms with Gasteiger partial charge in [0, 0.05) is 18.5 Å². The van der Waals surface area contributed by atoms with E-state index in [1.165, 1.54) is 36.5 Å². The molecule has 0 aliphatic rings. The second-order valence-corrected chi connectivity index (χ2v) is 8.56. The molecule has 3 aromatic rings. The van der Waals surface area contributed by atoms with Crippen LogP contribution in [0.5, 0.6) is 0 Å². The molecule has 0 unspecified atom stereocenters. The van der Waals surface area contributed by atoms with Crippen LogP contribution in [0.1, 0.15) is 23.7 Å². The minimum absolute atomic E-state index is 0.0122. The zero-order valence-corrected chi connectivity index (χ0v) is 16.1. The SMILES string of the molecule is CC(=O)c1cccc(S(=O)(=O)NCCC(=O)Nc2nc3ccccc3s2)c1. The summed E-state index contributed by atoms with van der Waals surface area (Å²) in [4.78, 5) is 27.7. The average molecular weight is 403 g/mol. The van der Waals surface area contributed by atoms with E-state index in [0.29, 0.717) is 10.7 Å². The van der Waals surface area contributed by atoms with Crippen molar-refractivity contribution in [2.45, 2.75) is 18.2 Å². The van der Waals surface area contributed by atoms with Crippen molar-refractivity contribution in [3.05, 3.63) is 54.1 Å². The molecule has 1 heterocycles. The first-order valence-corrected chi connectivity index (χ1v) is 10.4. The summed E-state index contributed by atoms with van der Waals surface area (Å²) in [6, 6.07) is 13.3. The van der Waals surface area contributed by atoms with Gasteiger partial charge in [-0.1, -0.05) is 35.6 Å². The number of fused-ring (bicyclic) bond motifs is 1. The van der Waals surface area contributed by atoms with E-state index in [0.717, 1.165) is 10.2 Å². The Balaban J connectivity index is 1.57. The number of anilines is 1. The van der Waals surface area contributed by atoms with Gasteiger partial charge < -0.3 is 5.32 Å². The lowest BCUT2D eigenvalue weighted by atomic mass is 10.2. The van der Waals surface area contributed by atoms with Crippen LogP contribution in [0.25, 0.3) is 10.2 Å². The Hall–Kier alpha value is -2.62. The lowest BCUT2D eigenvalue weighted by Gasteiger charge is -2.07. The van der Waals surface area contributed by atoms with E-state index >= 15 is 0 Å². The molecule has 0 aliphatic heterocycles. The molecule has 1 amide bonds. The Bertz CT molecular complexity index is 1070. The lowest BCUT2D eigenvalue weighted by molar-refractivity contribution is -0.116. The fourth-order valence-electron chi connectivity index (χ4n) is 2.37. The number of sulfonamides is 1. The van der Waals surface area contributed by atoms with E-state index in [1.807, 2.05) is 24.3 Å². The van der Waals surface area contributed by atoms with Gasteiger partial charge in [-0.15, -0.1) is 0 Å². The number of thiazole rings is 1. The normalized spacial score (nSPS) is 11.4. The van der Waals surface area contributed by atoms with E-state index in [9.17, 15) is 18.0 Å². The number of ketones is 1. The highest BCUT2D eigenvalue weighted by atomic mass is 32.2. The van der Waals surface area contributed by atoms with Crippen molar-refractivity contribution in [3.8, 4) is 0 Å². The van der Waals surface area contributed by atoms with Crippen molar-refractivity contribution < 1.29 is 18.0 Å². The summed E-state index contributed by atoms with van der Waals surface area (Å²) in [5, 5.41) is 3.14. The molecule has 0 saturated carbocycles. The highest BCUT2D eigenvalue weighted by Crippen LogP contribution is 2.25. The van der Waals surface area contributed by atoms with E-state index < -0.39 is 10.0 Å². The number of nitrogens with zero attached hydrogens (tertiary/aromatic N) is 1. The zero-order valence-electron chi connectivity index (χ0n) is 14.4. The van der Waals surface area contributed by atoms with Crippen LogP contribution in [0, 0.1) is 0 Å². The molecule has 0 saturated heterocycles. The molecule has 140 valence electrons. The Kier molecular flexibility index (Phi) is 5.64. The summed E-state index contributed by atoms with van der Waals surface area (Å²) in [7, 11) is -3.80. The van der Waals surface area contributed by atoms with Crippen molar-refractivity contribution in [1.82, 2.24) is 9.71 Å². The van der Waals surface area contributed by atoms with Gasteiger partial charge in [0.1, 0.15) is 0 Å². The minimum atomic E-state index is -3.80. The maximum absolute atomic E-state index is 12.3. The molecule has 7 nitrogen and oxygen atoms in total. The third kappa shape index (κ3) is 4.76. The first kappa shape index (κ1) is 19.2. The molecule has 0 aliphatic carbocycles. The van der Waals surface area contributed by atoms with Crippen molar-refractivity contribution in [1.29, 1.82) is 0 Å². The Morgan fingerprint density at radius 3 is 2.63 bits per heavy atom. The van der Waals surface area contributed by atoms with E-state index in [4.69, 9.17) is 0 Å². The maximum atomic E-state index is 12.3. The largest absolute Gasteiger partial charge is 0.302 e. The summed E-state index contributed by atoms with van der Waals surface area (Å²) in [6.07, 6.45) is -0.0401. The van der Waals surface area contributed by atoms with Gasteiger partial charge in [-0.05, 0) is 31.2 Å². The number of nitrogens with one attached hydrogen (secondary N) is 2. The van der Waals surface area contributed by atoms with Crippen LogP contribution in [-0.2, 0) is 14.8 Å². The summed E-state index contributed by atoms with van der Waals surface area (Å²) < 4.78 is 27.9. The van der Waals surface area contributed by atoms with Crippen LogP contribution >= 0.6 is 11.3 Å². The van der Waals surface area contributed by atoms with Gasteiger partial charge in [0.15, 0.2) is 10.9 Å². The Labute approximate surface area is 160 Å². The molecule has 9 heteroatoms. The number of Topliss-reactive ketones (excluding diaryl/α,β-unsaturated/α-hetero) is 1. The Morgan fingerprint density at radius 1 is 1.11 bits per heavy atom. The molecule has 0 radical (unpaired) electrons. The van der Waals surface area contributed by atoms with Crippen molar-refractivity contribution >= 4 is 48.4 Å². The molecular formula is C18H17N3O4S2. The number of hydrogen-bond donors (Lipinski definition) is 2. The maximum Gasteiger partial charge on any atom is 0.240 e. The fourth-order valence-corrected chi connectivity index (χ4v) is 4.33. The van der Waals surface area contributed by atoms with Gasteiger partial charge in [-0.2, -0.15) is 0 Å². The number of benzene rings is 2. The second-order valence-electron chi connectivity index (χ2n) is 5.77. The number of carbonyl (C=O) groups excluding carboxylic acids is 2. The predicted molar refractivity (Wildman–Crippen MR) is 105 cm³/mol. The third-order valence-electron chi connectivity index (χ3n) is 3.74. The molecule has 27 heavy (non-hydrogen) atoms. The predicted octanol–water partition coefficient (Wildman–Crippen LogP) is 2.81. The van der Waals surface area contributed by atoms with Gasteiger partial charge in [0.05, 0.1) is 15.1 Å². The summed E-state index contributed by atoms with van der Waals surface area (Å²) >= 11 is 1.35. The van der Waals surface area contributed by atoms with Crippen molar-refractivity contribution in [2.24, 2.45) is 0 Å². The van der Waals surface area contributed by atoms with Crippen LogP contribution < -0.4 is 10.0 Å². The molecule has 0 atom stereocenters. The fraction of sp³-hybridized carbons (Fsp3) is 0.167. The quantitative estimate of drug-likeness (QED) is 0.590. The van der Waals surface area contributed by atoms with E-state index in [1.54, 1.807) is 6.07 Å². The number of amides is 1. The summed E-state index contributed by atoms with van der Waals surface area (Å²) in [5.74, 6) is -0.559. The van der Waals surface area contributed by atoms with Crippen molar-refractivity contribution in [2.75, 3.05) is 11.9 Å². The number of para-hydroxylation sites is 1. The number of carbonyl (C=O) groups is 2. The van der Waals surface area contributed by atoms with Gasteiger partial charge in [0.25, 0.3) is 0 Å². The van der Waals surface area contributed by atoms with Gasteiger partial charge in [-0.3, -0.25) is 9.59 Å². The zero-order chi connectivity index (χ0) is 19.4. The summed E-state index contributed by atoms with van der Waals surface area (Å²) in [5.41, 5.74) is 1.11. The molecule has 0 bridgehead atoms. The van der Waals surface area contributed by atoms with Crippen LogP contribution in [0.3, 0.4) is 0 Å². The van der Waals surface area contributed by atoms with Crippen molar-refractivity contribution in [3.63, 3.8) is 0 Å². The van der Waals surface area contributed by atoms with Gasteiger partial charge >= 0.3 is 0 Å². The highest BCUT2D eigenvalue weighted by molar-refractivity contribution is 7.89.